The second-order valence-corrected chi connectivity index (χ2v) is 14.0. The molecule has 0 bridgehead atoms. The van der Waals surface area contributed by atoms with Gasteiger partial charge in [0.15, 0.2) is 0 Å². The molecular weight excluding hydrogens is 651 g/mol. The van der Waals surface area contributed by atoms with Gasteiger partial charge in [-0.15, -0.1) is 0 Å². The van der Waals surface area contributed by atoms with E-state index in [0.717, 1.165) is 83.6 Å². The first-order chi connectivity index (χ1) is 26.3. The van der Waals surface area contributed by atoms with Crippen LogP contribution in [0.2, 0.25) is 0 Å². The van der Waals surface area contributed by atoms with Gasteiger partial charge in [-0.3, -0.25) is 0 Å². The van der Waals surface area contributed by atoms with Crippen LogP contribution in [0.1, 0.15) is 22.3 Å². The summed E-state index contributed by atoms with van der Waals surface area (Å²) in [5.41, 5.74) is 13.1. The third kappa shape index (κ3) is 3.74. The van der Waals surface area contributed by atoms with E-state index in [9.17, 15) is 0 Å². The minimum atomic E-state index is -0.568. The van der Waals surface area contributed by atoms with Crippen molar-refractivity contribution in [3.8, 4) is 22.6 Å². The Morgan fingerprint density at radius 2 is 0.943 bits per heavy atom. The van der Waals surface area contributed by atoms with Crippen LogP contribution in [-0.2, 0) is 5.41 Å². The number of fused-ring (bicyclic) bond motifs is 15. The zero-order valence-corrected chi connectivity index (χ0v) is 28.4. The van der Waals surface area contributed by atoms with Gasteiger partial charge in [0.05, 0.1) is 27.6 Å². The Morgan fingerprint density at radius 3 is 1.68 bits per heavy atom. The van der Waals surface area contributed by atoms with E-state index in [1.807, 2.05) is 12.1 Å². The summed E-state index contributed by atoms with van der Waals surface area (Å²) in [4.78, 5) is 2.36. The van der Waals surface area contributed by atoms with E-state index in [2.05, 4.69) is 169 Å². The highest BCUT2D eigenvalue weighted by Gasteiger charge is 2.51. The summed E-state index contributed by atoms with van der Waals surface area (Å²) in [5.74, 6) is 1.75. The number of hydrogen-bond donors (Lipinski definition) is 0. The molecule has 1 aliphatic heterocycles. The van der Waals surface area contributed by atoms with Gasteiger partial charge < -0.3 is 18.5 Å². The first-order valence-electron chi connectivity index (χ1n) is 18.0. The molecule has 0 saturated heterocycles. The molecule has 12 rings (SSSR count). The minimum Gasteiger partial charge on any atom is -0.457 e. The molecule has 0 unspecified atom stereocenters. The Balaban J connectivity index is 1.18. The standard InChI is InChI=1S/C49H29NO3/c1-2-14-30(15-3-1)50(39-21-12-26-44-47(39)32-17-5-9-23-41(32)51-44)40-22-13-27-45-48(40)34-28-33-31-16-4-6-18-35(31)49(38(33)29-46(34)53-45)36-19-7-10-24-42(36)52-43-25-11-8-20-37(43)49/h1-29H. The number of anilines is 3. The fourth-order valence-corrected chi connectivity index (χ4v) is 9.26. The van der Waals surface area contributed by atoms with Gasteiger partial charge >= 0.3 is 0 Å². The SMILES string of the molecule is c1ccc(N(c2cccc3oc4ccccc4c23)c2cccc3oc4cc5c(cc4c23)-c2ccccc2C52c3ccccc3Oc3ccccc32)cc1. The van der Waals surface area contributed by atoms with Gasteiger partial charge in [-0.05, 0) is 89.0 Å². The fourth-order valence-electron chi connectivity index (χ4n) is 9.26. The van der Waals surface area contributed by atoms with E-state index in [1.165, 1.54) is 22.3 Å². The van der Waals surface area contributed by atoms with Crippen molar-refractivity contribution in [3.05, 3.63) is 198 Å². The van der Waals surface area contributed by atoms with Crippen molar-refractivity contribution in [1.82, 2.24) is 0 Å². The highest BCUT2D eigenvalue weighted by Crippen LogP contribution is 2.63. The molecule has 53 heavy (non-hydrogen) atoms. The minimum absolute atomic E-state index is 0.568. The molecule has 4 nitrogen and oxygen atoms in total. The lowest BCUT2D eigenvalue weighted by atomic mass is 9.66. The van der Waals surface area contributed by atoms with Crippen molar-refractivity contribution in [2.45, 2.75) is 5.41 Å². The van der Waals surface area contributed by atoms with E-state index in [0.29, 0.717) is 0 Å². The van der Waals surface area contributed by atoms with E-state index in [-0.39, 0.29) is 0 Å². The van der Waals surface area contributed by atoms with Crippen LogP contribution in [0.5, 0.6) is 11.5 Å². The zero-order chi connectivity index (χ0) is 34.7. The molecule has 248 valence electrons. The monoisotopic (exact) mass is 679 g/mol. The van der Waals surface area contributed by atoms with Crippen LogP contribution in [0.3, 0.4) is 0 Å². The topological polar surface area (TPSA) is 38.8 Å². The fraction of sp³-hybridized carbons (Fsp3) is 0.0204. The Kier molecular flexibility index (Phi) is 5.67. The Hall–Kier alpha value is -7.04. The second-order valence-electron chi connectivity index (χ2n) is 14.0. The number of ether oxygens (including phenoxy) is 1. The predicted octanol–water partition coefficient (Wildman–Crippen LogP) is 13.4. The number of rotatable bonds is 3. The summed E-state index contributed by atoms with van der Waals surface area (Å²) < 4.78 is 19.9. The van der Waals surface area contributed by atoms with Crippen molar-refractivity contribution in [2.75, 3.05) is 4.90 Å². The molecule has 0 saturated carbocycles. The van der Waals surface area contributed by atoms with Crippen molar-refractivity contribution < 1.29 is 13.6 Å². The number of benzene rings is 8. The Labute approximate surface area is 304 Å². The predicted molar refractivity (Wildman–Crippen MR) is 213 cm³/mol. The van der Waals surface area contributed by atoms with Crippen molar-refractivity contribution in [3.63, 3.8) is 0 Å². The van der Waals surface area contributed by atoms with Crippen molar-refractivity contribution in [2.24, 2.45) is 0 Å². The number of hydrogen-bond acceptors (Lipinski definition) is 4. The van der Waals surface area contributed by atoms with Gasteiger partial charge in [-0.25, -0.2) is 0 Å². The first kappa shape index (κ1) is 28.6. The lowest BCUT2D eigenvalue weighted by molar-refractivity contribution is 0.436. The quantitative estimate of drug-likeness (QED) is 0.186. The van der Waals surface area contributed by atoms with Crippen LogP contribution in [0, 0.1) is 0 Å². The lowest BCUT2D eigenvalue weighted by Gasteiger charge is -2.39. The summed E-state index contributed by atoms with van der Waals surface area (Å²) in [7, 11) is 0. The molecule has 0 radical (unpaired) electrons. The maximum atomic E-state index is 6.92. The van der Waals surface area contributed by atoms with E-state index >= 15 is 0 Å². The summed E-state index contributed by atoms with van der Waals surface area (Å²) in [6, 6.07) is 62.0. The average Bonchev–Trinajstić information content (AvgIpc) is 3.87. The first-order valence-corrected chi connectivity index (χ1v) is 18.0. The smallest absolute Gasteiger partial charge is 0.137 e. The summed E-state index contributed by atoms with van der Waals surface area (Å²) in [6.07, 6.45) is 0. The highest BCUT2D eigenvalue weighted by molar-refractivity contribution is 6.18. The summed E-state index contributed by atoms with van der Waals surface area (Å²) >= 11 is 0. The zero-order valence-electron chi connectivity index (χ0n) is 28.4. The van der Waals surface area contributed by atoms with Crippen LogP contribution in [0.15, 0.2) is 185 Å². The van der Waals surface area contributed by atoms with E-state index < -0.39 is 5.41 Å². The molecule has 10 aromatic rings. The molecule has 1 spiro atoms. The highest BCUT2D eigenvalue weighted by atomic mass is 16.5. The molecule has 0 fully saturated rings. The summed E-state index contributed by atoms with van der Waals surface area (Å²) in [5, 5.41) is 4.29. The third-order valence-corrected chi connectivity index (χ3v) is 11.3. The molecule has 1 aliphatic carbocycles. The molecule has 4 heteroatoms. The van der Waals surface area contributed by atoms with E-state index in [4.69, 9.17) is 13.6 Å². The molecule has 8 aromatic carbocycles. The van der Waals surface area contributed by atoms with E-state index in [1.54, 1.807) is 0 Å². The molecular formula is C49H29NO3. The van der Waals surface area contributed by atoms with Crippen LogP contribution >= 0.6 is 0 Å². The molecule has 0 N–H and O–H groups in total. The van der Waals surface area contributed by atoms with Crippen molar-refractivity contribution in [1.29, 1.82) is 0 Å². The Morgan fingerprint density at radius 1 is 0.377 bits per heavy atom. The third-order valence-electron chi connectivity index (χ3n) is 11.3. The molecule has 0 atom stereocenters. The maximum Gasteiger partial charge on any atom is 0.137 e. The number of para-hydroxylation sites is 4. The van der Waals surface area contributed by atoms with Gasteiger partial charge in [0.2, 0.25) is 0 Å². The average molecular weight is 680 g/mol. The van der Waals surface area contributed by atoms with Gasteiger partial charge in [-0.1, -0.05) is 109 Å². The second kappa shape index (κ2) is 10.5. The molecule has 2 aliphatic rings. The van der Waals surface area contributed by atoms with Crippen LogP contribution < -0.4 is 9.64 Å². The van der Waals surface area contributed by atoms with Crippen molar-refractivity contribution >= 4 is 60.9 Å². The molecule has 0 amide bonds. The molecule has 3 heterocycles. The normalized spacial score (nSPS) is 13.6. The van der Waals surface area contributed by atoms with Gasteiger partial charge in [0.1, 0.15) is 33.8 Å². The Bertz CT molecular complexity index is 3070. The van der Waals surface area contributed by atoms with Gasteiger partial charge in [0.25, 0.3) is 0 Å². The lowest BCUT2D eigenvalue weighted by Crippen LogP contribution is -2.32. The van der Waals surface area contributed by atoms with Crippen LogP contribution in [-0.4, -0.2) is 0 Å². The van der Waals surface area contributed by atoms with Crippen LogP contribution in [0.4, 0.5) is 17.1 Å². The summed E-state index contributed by atoms with van der Waals surface area (Å²) in [6.45, 7) is 0. The maximum absolute atomic E-state index is 6.92. The number of nitrogens with zero attached hydrogens (tertiary/aromatic N) is 1. The van der Waals surface area contributed by atoms with Gasteiger partial charge in [0, 0.05) is 27.6 Å². The number of furan rings is 2. The molecule has 2 aromatic heterocycles. The van der Waals surface area contributed by atoms with Gasteiger partial charge in [-0.2, -0.15) is 0 Å². The van der Waals surface area contributed by atoms with Crippen LogP contribution in [0.25, 0.3) is 55.0 Å². The largest absolute Gasteiger partial charge is 0.457 e.